The van der Waals surface area contributed by atoms with E-state index in [1.54, 1.807) is 0 Å². The van der Waals surface area contributed by atoms with Crippen LogP contribution in [0.2, 0.25) is 0 Å². The van der Waals surface area contributed by atoms with E-state index in [1.165, 1.54) is 0 Å². The largest absolute Gasteiger partial charge is 0.236 e. The molecule has 0 amide bonds. The summed E-state index contributed by atoms with van der Waals surface area (Å²) in [5, 5.41) is 0.906. The summed E-state index contributed by atoms with van der Waals surface area (Å²) in [6, 6.07) is 26.7. The fraction of sp³-hybridized carbons (Fsp3) is 0. The van der Waals surface area contributed by atoms with Crippen LogP contribution < -0.4 is 0 Å². The van der Waals surface area contributed by atoms with Crippen LogP contribution in [0.15, 0.2) is 94.9 Å². The third kappa shape index (κ3) is 4.31. The summed E-state index contributed by atoms with van der Waals surface area (Å²) in [4.78, 5) is 8.82. The van der Waals surface area contributed by atoms with Gasteiger partial charge in [-0.1, -0.05) is 83.9 Å². The lowest BCUT2D eigenvalue weighted by Gasteiger charge is -2.01. The molecule has 0 aliphatic heterocycles. The van der Waals surface area contributed by atoms with E-state index in [0.717, 1.165) is 22.5 Å². The van der Waals surface area contributed by atoms with Gasteiger partial charge in [-0.2, -0.15) is 0 Å². The van der Waals surface area contributed by atoms with Gasteiger partial charge in [0.25, 0.3) is 0 Å². The molecule has 4 heteroatoms. The minimum absolute atomic E-state index is 0.453. The second-order valence-corrected chi connectivity index (χ2v) is 5.77. The van der Waals surface area contributed by atoms with E-state index in [4.69, 9.17) is 23.2 Å². The van der Waals surface area contributed by atoms with Gasteiger partial charge in [0.05, 0.1) is 11.4 Å². The Morgan fingerprint density at radius 3 is 1.17 bits per heavy atom. The molecule has 118 valence electrons. The van der Waals surface area contributed by atoms with E-state index in [0.29, 0.717) is 10.3 Å². The van der Waals surface area contributed by atoms with Crippen molar-refractivity contribution in [1.29, 1.82) is 0 Å². The molecule has 0 bridgehead atoms. The number of nitrogens with zero attached hydrogens (tertiary/aromatic N) is 2. The fourth-order valence-electron chi connectivity index (χ4n) is 2.11. The summed E-state index contributed by atoms with van der Waals surface area (Å²) in [7, 11) is 0. The van der Waals surface area contributed by atoms with Gasteiger partial charge in [-0.05, 0) is 24.3 Å². The summed E-state index contributed by atoms with van der Waals surface area (Å²) < 4.78 is 0. The van der Waals surface area contributed by atoms with Crippen LogP contribution in [0.4, 0.5) is 11.4 Å². The van der Waals surface area contributed by atoms with Gasteiger partial charge in [0.1, 0.15) is 10.3 Å². The molecule has 0 unspecified atom stereocenters. The number of benzene rings is 3. The van der Waals surface area contributed by atoms with E-state index < -0.39 is 0 Å². The molecule has 0 saturated heterocycles. The maximum Gasteiger partial charge on any atom is 0.136 e. The molecule has 3 aromatic carbocycles. The van der Waals surface area contributed by atoms with Crippen molar-refractivity contribution < 1.29 is 0 Å². The van der Waals surface area contributed by atoms with Crippen molar-refractivity contribution >= 4 is 44.9 Å². The first-order chi connectivity index (χ1) is 11.7. The zero-order valence-electron chi connectivity index (χ0n) is 12.7. The SMILES string of the molecule is ClC(=Nc1ccc(N=C(Cl)c2ccccc2)cc1)c1ccccc1. The third-order valence-corrected chi connectivity index (χ3v) is 3.93. The molecule has 0 saturated carbocycles. The maximum atomic E-state index is 6.25. The maximum absolute atomic E-state index is 6.25. The highest BCUT2D eigenvalue weighted by atomic mass is 35.5. The molecule has 0 spiro atoms. The number of hydrogen-bond donors (Lipinski definition) is 0. The predicted octanol–water partition coefficient (Wildman–Crippen LogP) is 6.32. The molecular weight excluding hydrogens is 339 g/mol. The molecule has 0 fully saturated rings. The highest BCUT2D eigenvalue weighted by Crippen LogP contribution is 2.22. The van der Waals surface area contributed by atoms with Crippen LogP contribution in [-0.2, 0) is 0 Å². The molecule has 2 nitrogen and oxygen atoms in total. The predicted molar refractivity (Wildman–Crippen MR) is 103 cm³/mol. The Bertz CT molecular complexity index is 781. The molecule has 0 atom stereocenters. The molecule has 3 rings (SSSR count). The highest BCUT2D eigenvalue weighted by Gasteiger charge is 2.01. The average Bonchev–Trinajstić information content (AvgIpc) is 2.65. The number of hydrogen-bond acceptors (Lipinski definition) is 2. The normalized spacial score (nSPS) is 12.2. The van der Waals surface area contributed by atoms with Crippen molar-refractivity contribution in [3.05, 3.63) is 96.1 Å². The van der Waals surface area contributed by atoms with Crippen molar-refractivity contribution in [2.24, 2.45) is 9.98 Å². The first-order valence-electron chi connectivity index (χ1n) is 7.42. The number of halogens is 2. The third-order valence-electron chi connectivity index (χ3n) is 3.33. The minimum atomic E-state index is 0.453. The Kier molecular flexibility index (Phi) is 5.42. The van der Waals surface area contributed by atoms with Crippen LogP contribution in [0.5, 0.6) is 0 Å². The Hall–Kier alpha value is -2.42. The molecule has 0 heterocycles. The smallest absolute Gasteiger partial charge is 0.136 e. The van der Waals surface area contributed by atoms with Crippen LogP contribution in [0, 0.1) is 0 Å². The highest BCUT2D eigenvalue weighted by molar-refractivity contribution is 6.70. The van der Waals surface area contributed by atoms with Gasteiger partial charge >= 0.3 is 0 Å². The monoisotopic (exact) mass is 352 g/mol. The van der Waals surface area contributed by atoms with Gasteiger partial charge < -0.3 is 0 Å². The van der Waals surface area contributed by atoms with Gasteiger partial charge in [0, 0.05) is 11.1 Å². The summed E-state index contributed by atoms with van der Waals surface area (Å²) in [6.07, 6.45) is 0. The zero-order chi connectivity index (χ0) is 16.8. The topological polar surface area (TPSA) is 24.7 Å². The van der Waals surface area contributed by atoms with Gasteiger partial charge in [-0.25, -0.2) is 9.98 Å². The first kappa shape index (κ1) is 16.4. The Balaban J connectivity index is 1.79. The summed E-state index contributed by atoms with van der Waals surface area (Å²) in [6.45, 7) is 0. The summed E-state index contributed by atoms with van der Waals surface area (Å²) in [5.41, 5.74) is 3.29. The first-order valence-corrected chi connectivity index (χ1v) is 8.17. The second kappa shape index (κ2) is 7.91. The van der Waals surface area contributed by atoms with Gasteiger partial charge in [0.2, 0.25) is 0 Å². The van der Waals surface area contributed by atoms with Crippen molar-refractivity contribution in [1.82, 2.24) is 0 Å². The van der Waals surface area contributed by atoms with Crippen molar-refractivity contribution in [3.63, 3.8) is 0 Å². The lowest BCUT2D eigenvalue weighted by molar-refractivity contribution is 1.47. The molecule has 3 aromatic rings. The van der Waals surface area contributed by atoms with Crippen LogP contribution in [0.1, 0.15) is 11.1 Å². The van der Waals surface area contributed by atoms with Crippen LogP contribution in [0.3, 0.4) is 0 Å². The molecule has 0 N–H and O–H groups in total. The number of rotatable bonds is 4. The molecule has 0 aliphatic rings. The molecule has 0 radical (unpaired) electrons. The number of aliphatic imine (C=N–C) groups is 2. The fourth-order valence-corrected chi connectivity index (χ4v) is 2.56. The van der Waals surface area contributed by atoms with E-state index in [-0.39, 0.29) is 0 Å². The lowest BCUT2D eigenvalue weighted by Crippen LogP contribution is -1.89. The lowest BCUT2D eigenvalue weighted by atomic mass is 10.2. The van der Waals surface area contributed by atoms with Crippen LogP contribution in [-0.4, -0.2) is 10.3 Å². The Morgan fingerprint density at radius 2 is 0.833 bits per heavy atom. The van der Waals surface area contributed by atoms with Crippen LogP contribution >= 0.6 is 23.2 Å². The molecule has 0 aliphatic carbocycles. The minimum Gasteiger partial charge on any atom is -0.236 e. The molecular formula is C20H14Cl2N2. The quantitative estimate of drug-likeness (QED) is 0.490. The summed E-state index contributed by atoms with van der Waals surface area (Å²) >= 11 is 12.5. The Labute approximate surface area is 151 Å². The van der Waals surface area contributed by atoms with E-state index in [9.17, 15) is 0 Å². The van der Waals surface area contributed by atoms with Gasteiger partial charge in [-0.3, -0.25) is 0 Å². The summed E-state index contributed by atoms with van der Waals surface area (Å²) in [5.74, 6) is 0. The van der Waals surface area contributed by atoms with Crippen LogP contribution in [0.25, 0.3) is 0 Å². The van der Waals surface area contributed by atoms with E-state index in [1.807, 2.05) is 84.9 Å². The Morgan fingerprint density at radius 1 is 0.500 bits per heavy atom. The van der Waals surface area contributed by atoms with Crippen molar-refractivity contribution in [3.8, 4) is 0 Å². The van der Waals surface area contributed by atoms with Crippen molar-refractivity contribution in [2.75, 3.05) is 0 Å². The second-order valence-electron chi connectivity index (χ2n) is 5.05. The molecule has 24 heavy (non-hydrogen) atoms. The zero-order valence-corrected chi connectivity index (χ0v) is 14.2. The van der Waals surface area contributed by atoms with Gasteiger partial charge in [-0.15, -0.1) is 0 Å². The molecule has 0 aromatic heterocycles. The standard InChI is InChI=1S/C20H14Cl2N2/c21-19(15-7-3-1-4-8-15)23-17-11-13-18(14-12-17)24-20(22)16-9-5-2-6-10-16/h1-14H. The van der Waals surface area contributed by atoms with Crippen molar-refractivity contribution in [2.45, 2.75) is 0 Å². The van der Waals surface area contributed by atoms with E-state index >= 15 is 0 Å². The van der Waals surface area contributed by atoms with E-state index in [2.05, 4.69) is 9.98 Å². The van der Waals surface area contributed by atoms with Gasteiger partial charge in [0.15, 0.2) is 0 Å². The average molecular weight is 353 g/mol.